The molecule has 0 N–H and O–H groups in total. The summed E-state index contributed by atoms with van der Waals surface area (Å²) in [5.41, 5.74) is 3.08. The zero-order valence-electron chi connectivity index (χ0n) is 10.2. The van der Waals surface area contributed by atoms with Gasteiger partial charge >= 0.3 is 0 Å². The van der Waals surface area contributed by atoms with Crippen molar-refractivity contribution in [1.82, 2.24) is 0 Å². The summed E-state index contributed by atoms with van der Waals surface area (Å²) in [6.07, 6.45) is 2.17. The van der Waals surface area contributed by atoms with Crippen LogP contribution < -0.4 is 0 Å². The molecule has 0 aromatic heterocycles. The van der Waals surface area contributed by atoms with Gasteiger partial charge in [-0.05, 0) is 48.4 Å². The van der Waals surface area contributed by atoms with Gasteiger partial charge in [0.05, 0.1) is 11.4 Å². The molecule has 3 heteroatoms. The first-order chi connectivity index (χ1) is 8.88. The number of hydrogen-bond acceptors (Lipinski definition) is 3. The zero-order chi connectivity index (χ0) is 12.6. The Morgan fingerprint density at radius 1 is 0.778 bits per heavy atom. The molecule has 2 nitrogen and oxygen atoms in total. The van der Waals surface area contributed by atoms with Gasteiger partial charge in [-0.1, -0.05) is 30.3 Å². The van der Waals surface area contributed by atoms with Crippen LogP contribution in [0.5, 0.6) is 0 Å². The van der Waals surface area contributed by atoms with Gasteiger partial charge in [-0.3, -0.25) is 0 Å². The van der Waals surface area contributed by atoms with E-state index < -0.39 is 0 Å². The lowest BCUT2D eigenvalue weighted by atomic mass is 10.1. The van der Waals surface area contributed by atoms with Crippen LogP contribution in [-0.4, -0.2) is 5.75 Å². The highest BCUT2D eigenvalue weighted by Gasteiger charge is 1.94. The molecule has 0 aliphatic heterocycles. The highest BCUT2D eigenvalue weighted by molar-refractivity contribution is 7.80. The molecule has 0 fully saturated rings. The quantitative estimate of drug-likeness (QED) is 0.577. The standard InChI is InChI=1S/C15H16N2S/c18-12-4-5-13-8-10-15(11-9-13)17-16-14-6-2-1-3-7-14/h1-3,6-11,18H,4-5,12H2. The molecule has 92 valence electrons. The molecule has 2 aromatic rings. The van der Waals surface area contributed by atoms with E-state index in [4.69, 9.17) is 0 Å². The lowest BCUT2D eigenvalue weighted by Gasteiger charge is -1.99. The highest BCUT2D eigenvalue weighted by Crippen LogP contribution is 2.18. The van der Waals surface area contributed by atoms with E-state index in [1.54, 1.807) is 0 Å². The molecular weight excluding hydrogens is 240 g/mol. The molecule has 0 amide bonds. The van der Waals surface area contributed by atoms with Crippen molar-refractivity contribution >= 4 is 24.0 Å². The van der Waals surface area contributed by atoms with Gasteiger partial charge in [-0.25, -0.2) is 0 Å². The lowest BCUT2D eigenvalue weighted by Crippen LogP contribution is -1.84. The predicted octanol–water partition coefficient (Wildman–Crippen LogP) is 4.96. The number of hydrogen-bond donors (Lipinski definition) is 1. The zero-order valence-corrected chi connectivity index (χ0v) is 11.1. The minimum Gasteiger partial charge on any atom is -0.179 e. The van der Waals surface area contributed by atoms with Crippen molar-refractivity contribution in [1.29, 1.82) is 0 Å². The monoisotopic (exact) mass is 256 g/mol. The second kappa shape index (κ2) is 6.97. The molecule has 0 unspecified atom stereocenters. The molecule has 0 saturated carbocycles. The molecule has 0 saturated heterocycles. The molecule has 18 heavy (non-hydrogen) atoms. The van der Waals surface area contributed by atoms with Crippen molar-refractivity contribution in [2.24, 2.45) is 10.2 Å². The smallest absolute Gasteiger partial charge is 0.0857 e. The first-order valence-electron chi connectivity index (χ1n) is 6.05. The fraction of sp³-hybridized carbons (Fsp3) is 0.200. The average molecular weight is 256 g/mol. The molecule has 2 rings (SSSR count). The Balaban J connectivity index is 2.00. The first kappa shape index (κ1) is 12.8. The van der Waals surface area contributed by atoms with Gasteiger partial charge in [0.25, 0.3) is 0 Å². The summed E-state index contributed by atoms with van der Waals surface area (Å²) < 4.78 is 0. The van der Waals surface area contributed by atoms with Crippen molar-refractivity contribution in [2.75, 3.05) is 5.75 Å². The number of nitrogens with zero attached hydrogens (tertiary/aromatic N) is 2. The fourth-order valence-corrected chi connectivity index (χ4v) is 1.78. The Labute approximate surface area is 113 Å². The minimum atomic E-state index is 0.872. The Morgan fingerprint density at radius 3 is 2.00 bits per heavy atom. The Kier molecular flexibility index (Phi) is 4.97. The summed E-state index contributed by atoms with van der Waals surface area (Å²) in [6, 6.07) is 17.9. The van der Waals surface area contributed by atoms with E-state index in [1.165, 1.54) is 5.56 Å². The fourth-order valence-electron chi connectivity index (χ4n) is 1.62. The van der Waals surface area contributed by atoms with Crippen molar-refractivity contribution in [3.8, 4) is 0 Å². The van der Waals surface area contributed by atoms with E-state index in [-0.39, 0.29) is 0 Å². The van der Waals surface area contributed by atoms with Crippen LogP contribution in [0.15, 0.2) is 64.8 Å². The van der Waals surface area contributed by atoms with Gasteiger partial charge in [0.2, 0.25) is 0 Å². The van der Waals surface area contributed by atoms with Crippen LogP contribution in [0.1, 0.15) is 12.0 Å². The van der Waals surface area contributed by atoms with Gasteiger partial charge in [-0.15, -0.1) is 0 Å². The van der Waals surface area contributed by atoms with Crippen molar-refractivity contribution in [3.05, 3.63) is 60.2 Å². The van der Waals surface area contributed by atoms with Crippen molar-refractivity contribution < 1.29 is 0 Å². The predicted molar refractivity (Wildman–Crippen MR) is 79.2 cm³/mol. The Hall–Kier alpha value is -1.61. The van der Waals surface area contributed by atoms with Crippen molar-refractivity contribution in [3.63, 3.8) is 0 Å². The summed E-state index contributed by atoms with van der Waals surface area (Å²) in [6.45, 7) is 0. The largest absolute Gasteiger partial charge is 0.179 e. The third-order valence-corrected chi connectivity index (χ3v) is 2.91. The SMILES string of the molecule is SCCCc1ccc(N=Nc2ccccc2)cc1. The van der Waals surface area contributed by atoms with Crippen LogP contribution in [0, 0.1) is 0 Å². The molecule has 0 heterocycles. The molecule has 0 atom stereocenters. The van der Waals surface area contributed by atoms with Crippen LogP contribution in [0.3, 0.4) is 0 Å². The maximum Gasteiger partial charge on any atom is 0.0857 e. The second-order valence-electron chi connectivity index (χ2n) is 4.03. The van der Waals surface area contributed by atoms with Crippen LogP contribution in [0.2, 0.25) is 0 Å². The molecule has 0 aliphatic rings. The van der Waals surface area contributed by atoms with Gasteiger partial charge in [0.15, 0.2) is 0 Å². The molecular formula is C15H16N2S. The summed E-state index contributed by atoms with van der Waals surface area (Å²) in [5, 5.41) is 8.39. The van der Waals surface area contributed by atoms with Gasteiger partial charge < -0.3 is 0 Å². The number of azo groups is 1. The maximum absolute atomic E-state index is 4.21. The number of rotatable bonds is 5. The van der Waals surface area contributed by atoms with Gasteiger partial charge in [0.1, 0.15) is 0 Å². The molecule has 2 aromatic carbocycles. The highest BCUT2D eigenvalue weighted by atomic mass is 32.1. The Morgan fingerprint density at radius 2 is 1.39 bits per heavy atom. The summed E-state index contributed by atoms with van der Waals surface area (Å²) in [4.78, 5) is 0. The molecule has 0 radical (unpaired) electrons. The number of benzene rings is 2. The normalized spacial score (nSPS) is 10.9. The maximum atomic E-state index is 4.21. The summed E-state index contributed by atoms with van der Waals surface area (Å²) >= 11 is 4.21. The van der Waals surface area contributed by atoms with E-state index in [9.17, 15) is 0 Å². The summed E-state index contributed by atoms with van der Waals surface area (Å²) in [5.74, 6) is 0.926. The molecule has 0 spiro atoms. The summed E-state index contributed by atoms with van der Waals surface area (Å²) in [7, 11) is 0. The third kappa shape index (κ3) is 4.00. The number of thiol groups is 1. The molecule has 0 bridgehead atoms. The van der Waals surface area contributed by atoms with Crippen LogP contribution >= 0.6 is 12.6 Å². The lowest BCUT2D eigenvalue weighted by molar-refractivity contribution is 0.936. The third-order valence-electron chi connectivity index (χ3n) is 2.60. The van der Waals surface area contributed by atoms with Gasteiger partial charge in [0, 0.05) is 0 Å². The van der Waals surface area contributed by atoms with Crippen LogP contribution in [-0.2, 0) is 6.42 Å². The minimum absolute atomic E-state index is 0.872. The van der Waals surface area contributed by atoms with E-state index in [0.29, 0.717) is 0 Å². The van der Waals surface area contributed by atoms with E-state index >= 15 is 0 Å². The van der Waals surface area contributed by atoms with Crippen LogP contribution in [0.4, 0.5) is 11.4 Å². The number of aryl methyl sites for hydroxylation is 1. The average Bonchev–Trinajstić information content (AvgIpc) is 2.45. The Bertz CT molecular complexity index is 492. The van der Waals surface area contributed by atoms with Crippen molar-refractivity contribution in [2.45, 2.75) is 12.8 Å². The van der Waals surface area contributed by atoms with E-state index in [2.05, 4.69) is 35.0 Å². The van der Waals surface area contributed by atoms with E-state index in [1.807, 2.05) is 42.5 Å². The first-order valence-corrected chi connectivity index (χ1v) is 6.68. The molecule has 0 aliphatic carbocycles. The van der Waals surface area contributed by atoms with E-state index in [0.717, 1.165) is 30.0 Å². The van der Waals surface area contributed by atoms with Gasteiger partial charge in [-0.2, -0.15) is 22.9 Å². The topological polar surface area (TPSA) is 24.7 Å². The second-order valence-corrected chi connectivity index (χ2v) is 4.48. The van der Waals surface area contributed by atoms with Crippen LogP contribution in [0.25, 0.3) is 0 Å².